The fourth-order valence-electron chi connectivity index (χ4n) is 1.41. The molecule has 1 unspecified atom stereocenters. The van der Waals surface area contributed by atoms with E-state index in [1.54, 1.807) is 0 Å². The third-order valence-electron chi connectivity index (χ3n) is 2.08. The van der Waals surface area contributed by atoms with Crippen LogP contribution in [0.3, 0.4) is 0 Å². The molecule has 0 aromatic heterocycles. The Morgan fingerprint density at radius 3 is 2.50 bits per heavy atom. The van der Waals surface area contributed by atoms with Crippen molar-refractivity contribution in [3.05, 3.63) is 23.3 Å². The molecule has 1 atom stereocenters. The maximum Gasteiger partial charge on any atom is 0.157 e. The van der Waals surface area contributed by atoms with Crippen LogP contribution in [0.4, 0.5) is 8.78 Å². The monoisotopic (exact) mass is 172 g/mol. The van der Waals surface area contributed by atoms with Crippen LogP contribution in [0.25, 0.3) is 0 Å². The van der Waals surface area contributed by atoms with E-state index in [1.807, 2.05) is 26.8 Å². The molecule has 0 radical (unpaired) electrons. The number of allylic oxidation sites excluding steroid dienone is 4. The van der Waals surface area contributed by atoms with Crippen molar-refractivity contribution < 1.29 is 8.78 Å². The smallest absolute Gasteiger partial charge is 0.157 e. The second-order valence-electron chi connectivity index (χ2n) is 3.68. The topological polar surface area (TPSA) is 0 Å². The van der Waals surface area contributed by atoms with Crippen LogP contribution in [-0.2, 0) is 0 Å². The van der Waals surface area contributed by atoms with E-state index in [0.717, 1.165) is 0 Å². The van der Waals surface area contributed by atoms with Gasteiger partial charge in [0.05, 0.1) is 0 Å². The van der Waals surface area contributed by atoms with Crippen LogP contribution in [0.5, 0.6) is 0 Å². The minimum atomic E-state index is -0.636. The van der Waals surface area contributed by atoms with Crippen LogP contribution in [0.2, 0.25) is 0 Å². The highest BCUT2D eigenvalue weighted by Gasteiger charge is 2.21. The van der Waals surface area contributed by atoms with Gasteiger partial charge in [-0.3, -0.25) is 0 Å². The van der Waals surface area contributed by atoms with Crippen LogP contribution in [-0.4, -0.2) is 0 Å². The molecule has 0 nitrogen and oxygen atoms in total. The molecule has 0 bridgehead atoms. The van der Waals surface area contributed by atoms with Gasteiger partial charge in [-0.25, -0.2) is 8.78 Å². The maximum atomic E-state index is 13.1. The molecule has 0 amide bonds. The van der Waals surface area contributed by atoms with Crippen LogP contribution in [0.15, 0.2) is 23.3 Å². The summed E-state index contributed by atoms with van der Waals surface area (Å²) in [4.78, 5) is 0. The molecule has 0 spiro atoms. The first-order valence-corrected chi connectivity index (χ1v) is 4.28. The number of halogens is 2. The highest BCUT2D eigenvalue weighted by atomic mass is 19.2. The van der Waals surface area contributed by atoms with Crippen molar-refractivity contribution in [3.8, 4) is 0 Å². The molecule has 0 heterocycles. The Bertz CT molecular complexity index is 236. The standard InChI is InChI=1S/C10H14F2/c1-6(2)8-4-7(3)5-9(11)10(8)12/h4,6-7H,5H2,1-3H3. The molecular formula is C10H14F2. The van der Waals surface area contributed by atoms with Gasteiger partial charge >= 0.3 is 0 Å². The van der Waals surface area contributed by atoms with Crippen molar-refractivity contribution in [2.24, 2.45) is 11.8 Å². The van der Waals surface area contributed by atoms with Crippen LogP contribution < -0.4 is 0 Å². The van der Waals surface area contributed by atoms with Gasteiger partial charge in [-0.15, -0.1) is 0 Å². The molecular weight excluding hydrogens is 158 g/mol. The number of rotatable bonds is 1. The normalized spacial score (nSPS) is 24.8. The molecule has 1 aliphatic rings. The summed E-state index contributed by atoms with van der Waals surface area (Å²) in [6, 6.07) is 0. The van der Waals surface area contributed by atoms with Gasteiger partial charge in [0.1, 0.15) is 5.83 Å². The molecule has 0 saturated heterocycles. The Hall–Kier alpha value is -0.660. The van der Waals surface area contributed by atoms with E-state index in [2.05, 4.69) is 0 Å². The van der Waals surface area contributed by atoms with E-state index < -0.39 is 11.7 Å². The summed E-state index contributed by atoms with van der Waals surface area (Å²) >= 11 is 0. The first-order valence-electron chi connectivity index (χ1n) is 4.28. The molecule has 1 rings (SSSR count). The first-order chi connectivity index (χ1) is 5.52. The minimum absolute atomic E-state index is 0.0681. The Morgan fingerprint density at radius 2 is 2.00 bits per heavy atom. The summed E-state index contributed by atoms with van der Waals surface area (Å²) in [6.45, 7) is 5.64. The van der Waals surface area contributed by atoms with Gasteiger partial charge in [-0.05, 0) is 17.4 Å². The predicted molar refractivity (Wildman–Crippen MR) is 45.9 cm³/mol. The largest absolute Gasteiger partial charge is 0.209 e. The summed E-state index contributed by atoms with van der Waals surface area (Å²) in [6.07, 6.45) is 2.03. The van der Waals surface area contributed by atoms with E-state index in [9.17, 15) is 8.78 Å². The Balaban J connectivity index is 2.96. The van der Waals surface area contributed by atoms with E-state index in [-0.39, 0.29) is 18.3 Å². The number of hydrogen-bond donors (Lipinski definition) is 0. The lowest BCUT2D eigenvalue weighted by Gasteiger charge is -2.18. The Labute approximate surface area is 72.0 Å². The molecule has 0 fully saturated rings. The molecule has 2 heteroatoms. The summed E-state index contributed by atoms with van der Waals surface area (Å²) in [5.41, 5.74) is 0.520. The van der Waals surface area contributed by atoms with Gasteiger partial charge in [0.25, 0.3) is 0 Å². The quantitative estimate of drug-likeness (QED) is 0.565. The van der Waals surface area contributed by atoms with Crippen molar-refractivity contribution in [1.29, 1.82) is 0 Å². The van der Waals surface area contributed by atoms with E-state index in [4.69, 9.17) is 0 Å². The molecule has 68 valence electrons. The number of hydrogen-bond acceptors (Lipinski definition) is 0. The summed E-state index contributed by atoms with van der Waals surface area (Å²) in [5.74, 6) is -1.03. The highest BCUT2D eigenvalue weighted by molar-refractivity contribution is 5.33. The van der Waals surface area contributed by atoms with E-state index in [0.29, 0.717) is 5.57 Å². The third kappa shape index (κ3) is 1.74. The van der Waals surface area contributed by atoms with Crippen LogP contribution >= 0.6 is 0 Å². The Morgan fingerprint density at radius 1 is 1.42 bits per heavy atom. The van der Waals surface area contributed by atoms with Gasteiger partial charge in [0.2, 0.25) is 0 Å². The lowest BCUT2D eigenvalue weighted by Crippen LogP contribution is -2.06. The molecule has 0 aromatic carbocycles. The fourth-order valence-corrected chi connectivity index (χ4v) is 1.41. The van der Waals surface area contributed by atoms with Crippen molar-refractivity contribution >= 4 is 0 Å². The summed E-state index contributed by atoms with van der Waals surface area (Å²) < 4.78 is 26.0. The van der Waals surface area contributed by atoms with Crippen molar-refractivity contribution in [2.75, 3.05) is 0 Å². The molecule has 0 aromatic rings. The van der Waals surface area contributed by atoms with Crippen LogP contribution in [0.1, 0.15) is 27.2 Å². The Kier molecular flexibility index (Phi) is 2.65. The molecule has 0 saturated carbocycles. The summed E-state index contributed by atoms with van der Waals surface area (Å²) in [5, 5.41) is 0. The van der Waals surface area contributed by atoms with Crippen LogP contribution in [0, 0.1) is 11.8 Å². The zero-order valence-electron chi connectivity index (χ0n) is 7.70. The van der Waals surface area contributed by atoms with Gasteiger partial charge in [-0.1, -0.05) is 26.8 Å². The molecule has 1 aliphatic carbocycles. The van der Waals surface area contributed by atoms with Gasteiger partial charge in [-0.2, -0.15) is 0 Å². The second-order valence-corrected chi connectivity index (χ2v) is 3.68. The van der Waals surface area contributed by atoms with Crippen molar-refractivity contribution in [2.45, 2.75) is 27.2 Å². The average Bonchev–Trinajstić information content (AvgIpc) is 1.96. The SMILES string of the molecule is CC1C=C(C(C)C)C(F)=C(F)C1. The zero-order valence-corrected chi connectivity index (χ0v) is 7.70. The maximum absolute atomic E-state index is 13.1. The van der Waals surface area contributed by atoms with E-state index >= 15 is 0 Å². The predicted octanol–water partition coefficient (Wildman–Crippen LogP) is 3.76. The van der Waals surface area contributed by atoms with Gasteiger partial charge in [0, 0.05) is 6.42 Å². The zero-order chi connectivity index (χ0) is 9.30. The fraction of sp³-hybridized carbons (Fsp3) is 0.600. The van der Waals surface area contributed by atoms with E-state index in [1.165, 1.54) is 0 Å². The highest BCUT2D eigenvalue weighted by Crippen LogP contribution is 2.33. The minimum Gasteiger partial charge on any atom is -0.209 e. The molecule has 0 aliphatic heterocycles. The van der Waals surface area contributed by atoms with Crippen molar-refractivity contribution in [3.63, 3.8) is 0 Å². The lowest BCUT2D eigenvalue weighted by atomic mass is 9.90. The molecule has 12 heavy (non-hydrogen) atoms. The van der Waals surface area contributed by atoms with Crippen molar-refractivity contribution in [1.82, 2.24) is 0 Å². The molecule has 0 N–H and O–H groups in total. The average molecular weight is 172 g/mol. The second kappa shape index (κ2) is 3.38. The lowest BCUT2D eigenvalue weighted by molar-refractivity contribution is 0.458. The first kappa shape index (κ1) is 9.43. The van der Waals surface area contributed by atoms with Gasteiger partial charge in [0.15, 0.2) is 5.83 Å². The van der Waals surface area contributed by atoms with Gasteiger partial charge < -0.3 is 0 Å². The summed E-state index contributed by atoms with van der Waals surface area (Å²) in [7, 11) is 0. The third-order valence-corrected chi connectivity index (χ3v) is 2.08.